The van der Waals surface area contributed by atoms with Crippen LogP contribution in [0.1, 0.15) is 22.4 Å². The van der Waals surface area contributed by atoms with E-state index in [0.29, 0.717) is 22.4 Å². The van der Waals surface area contributed by atoms with E-state index in [2.05, 4.69) is 27.3 Å². The van der Waals surface area contributed by atoms with Crippen LogP contribution in [0.3, 0.4) is 0 Å². The Labute approximate surface area is 176 Å². The van der Waals surface area contributed by atoms with E-state index in [9.17, 15) is 14.4 Å². The molecule has 0 aliphatic carbocycles. The van der Waals surface area contributed by atoms with Gasteiger partial charge in [-0.25, -0.2) is 4.39 Å². The van der Waals surface area contributed by atoms with Crippen molar-refractivity contribution in [3.8, 4) is 11.8 Å². The van der Waals surface area contributed by atoms with E-state index in [1.54, 1.807) is 6.07 Å². The third-order valence-corrected chi connectivity index (χ3v) is 5.13. The summed E-state index contributed by atoms with van der Waals surface area (Å²) in [5.41, 5.74) is 3.14. The van der Waals surface area contributed by atoms with Gasteiger partial charge >= 0.3 is 0 Å². The molecule has 3 aromatic rings. The molecule has 5 nitrogen and oxygen atoms in total. The van der Waals surface area contributed by atoms with Crippen LogP contribution in [0.5, 0.6) is 5.75 Å². The molecule has 0 atom stereocenters. The molecule has 0 unspecified atom stereocenters. The third-order valence-electron chi connectivity index (χ3n) is 4.64. The van der Waals surface area contributed by atoms with Crippen LogP contribution in [0.15, 0.2) is 53.0 Å². The number of rotatable bonds is 6. The molecular formula is C22H19BrFN3O2. The Balaban J connectivity index is 1.81. The number of amides is 1. The molecule has 0 radical (unpaired) electrons. The number of nitrogens with one attached hydrogen (secondary N) is 1. The van der Waals surface area contributed by atoms with Crippen molar-refractivity contribution in [2.45, 2.75) is 20.4 Å². The number of aromatic nitrogens is 1. The van der Waals surface area contributed by atoms with E-state index < -0.39 is 11.7 Å². The van der Waals surface area contributed by atoms with Gasteiger partial charge < -0.3 is 14.6 Å². The summed E-state index contributed by atoms with van der Waals surface area (Å²) in [5, 5.41) is 12.3. The van der Waals surface area contributed by atoms with E-state index >= 15 is 0 Å². The monoisotopic (exact) mass is 455 g/mol. The Hall–Kier alpha value is -3.11. The van der Waals surface area contributed by atoms with Crippen molar-refractivity contribution in [3.05, 3.63) is 81.2 Å². The number of benzene rings is 2. The molecule has 1 aromatic heterocycles. The highest BCUT2D eigenvalue weighted by molar-refractivity contribution is 9.10. The number of nitrogens with zero attached hydrogens (tertiary/aromatic N) is 2. The highest BCUT2D eigenvalue weighted by Gasteiger charge is 2.20. The van der Waals surface area contributed by atoms with Gasteiger partial charge in [-0.05, 0) is 43.2 Å². The summed E-state index contributed by atoms with van der Waals surface area (Å²) in [4.78, 5) is 12.5. The highest BCUT2D eigenvalue weighted by Crippen LogP contribution is 2.27. The first kappa shape index (κ1) is 20.6. The molecule has 3 rings (SSSR count). The minimum absolute atomic E-state index is 0.0177. The van der Waals surface area contributed by atoms with E-state index in [-0.39, 0.29) is 12.4 Å². The van der Waals surface area contributed by atoms with Gasteiger partial charge in [0.2, 0.25) is 0 Å². The lowest BCUT2D eigenvalue weighted by atomic mass is 10.2. The highest BCUT2D eigenvalue weighted by atomic mass is 79.9. The summed E-state index contributed by atoms with van der Waals surface area (Å²) in [6.07, 6.45) is 0. The minimum Gasteiger partial charge on any atom is -0.481 e. The Morgan fingerprint density at radius 2 is 1.97 bits per heavy atom. The Bertz CT molecular complexity index is 1090. The van der Waals surface area contributed by atoms with E-state index in [1.165, 1.54) is 12.1 Å². The van der Waals surface area contributed by atoms with Gasteiger partial charge in [-0.2, -0.15) is 5.26 Å². The van der Waals surface area contributed by atoms with Gasteiger partial charge in [0.15, 0.2) is 18.2 Å². The Morgan fingerprint density at radius 1 is 1.24 bits per heavy atom. The van der Waals surface area contributed by atoms with Gasteiger partial charge in [-0.1, -0.05) is 46.3 Å². The van der Waals surface area contributed by atoms with Crippen LogP contribution in [0.25, 0.3) is 0 Å². The van der Waals surface area contributed by atoms with E-state index in [1.807, 2.05) is 48.7 Å². The second-order valence-corrected chi connectivity index (χ2v) is 7.44. The fraction of sp³-hybridized carbons (Fsp3) is 0.182. The van der Waals surface area contributed by atoms with Gasteiger partial charge in [0.1, 0.15) is 11.9 Å². The molecule has 0 saturated carbocycles. The minimum atomic E-state index is -0.566. The molecule has 0 aliphatic rings. The lowest BCUT2D eigenvalue weighted by Gasteiger charge is -2.14. The van der Waals surface area contributed by atoms with Crippen molar-refractivity contribution in [3.63, 3.8) is 0 Å². The van der Waals surface area contributed by atoms with Crippen LogP contribution in [-0.4, -0.2) is 17.1 Å². The van der Waals surface area contributed by atoms with E-state index in [4.69, 9.17) is 4.74 Å². The maximum atomic E-state index is 13.9. The fourth-order valence-corrected chi connectivity index (χ4v) is 3.33. The topological polar surface area (TPSA) is 67.1 Å². The first-order valence-electron chi connectivity index (χ1n) is 8.92. The number of carbonyl (C=O) groups is 1. The van der Waals surface area contributed by atoms with Gasteiger partial charge in [0, 0.05) is 16.7 Å². The van der Waals surface area contributed by atoms with Crippen molar-refractivity contribution >= 4 is 27.7 Å². The van der Waals surface area contributed by atoms with Gasteiger partial charge in [0.05, 0.1) is 5.56 Å². The van der Waals surface area contributed by atoms with Crippen molar-refractivity contribution in [1.29, 1.82) is 5.26 Å². The first-order chi connectivity index (χ1) is 13.9. The van der Waals surface area contributed by atoms with Crippen molar-refractivity contribution in [2.75, 3.05) is 11.9 Å². The zero-order valence-corrected chi connectivity index (χ0v) is 17.6. The number of nitriles is 1. The normalized spacial score (nSPS) is 10.4. The number of hydrogen-bond donors (Lipinski definition) is 1. The summed E-state index contributed by atoms with van der Waals surface area (Å²) >= 11 is 3.17. The third kappa shape index (κ3) is 4.66. The second kappa shape index (κ2) is 8.93. The molecule has 0 saturated heterocycles. The number of anilines is 1. The number of halogens is 2. The number of ether oxygens (including phenoxy) is 1. The summed E-state index contributed by atoms with van der Waals surface area (Å²) in [5.74, 6) is -0.647. The fourth-order valence-electron chi connectivity index (χ4n) is 3.00. The predicted molar refractivity (Wildman–Crippen MR) is 112 cm³/mol. The molecule has 0 aliphatic heterocycles. The van der Waals surface area contributed by atoms with Crippen LogP contribution >= 0.6 is 15.9 Å². The molecule has 1 heterocycles. The second-order valence-electron chi connectivity index (χ2n) is 6.53. The molecule has 1 amide bonds. The molecule has 7 heteroatoms. The standard InChI is InChI=1S/C22H19BrFN3O2/c1-14-15(2)27(12-16-6-4-3-5-7-16)22(18(14)11-25)26-21(28)13-29-20-9-8-17(23)10-19(20)24/h3-10H,12-13H2,1-2H3,(H,26,28). The van der Waals surface area contributed by atoms with E-state index in [0.717, 1.165) is 16.8 Å². The number of hydrogen-bond acceptors (Lipinski definition) is 3. The van der Waals surface area contributed by atoms with Crippen molar-refractivity contribution in [1.82, 2.24) is 4.57 Å². The van der Waals surface area contributed by atoms with Gasteiger partial charge in [0.25, 0.3) is 5.91 Å². The molecule has 0 spiro atoms. The van der Waals surface area contributed by atoms with Crippen LogP contribution in [0.4, 0.5) is 10.2 Å². The van der Waals surface area contributed by atoms with Crippen LogP contribution in [0, 0.1) is 31.0 Å². The van der Waals surface area contributed by atoms with Crippen LogP contribution in [-0.2, 0) is 11.3 Å². The van der Waals surface area contributed by atoms with Crippen molar-refractivity contribution in [2.24, 2.45) is 0 Å². The summed E-state index contributed by atoms with van der Waals surface area (Å²) in [7, 11) is 0. The number of carbonyl (C=O) groups excluding carboxylic acids is 1. The maximum Gasteiger partial charge on any atom is 0.263 e. The van der Waals surface area contributed by atoms with Crippen molar-refractivity contribution < 1.29 is 13.9 Å². The molecular weight excluding hydrogens is 437 g/mol. The SMILES string of the molecule is Cc1c(C#N)c(NC(=O)COc2ccc(Br)cc2F)n(Cc2ccccc2)c1C. The summed E-state index contributed by atoms with van der Waals surface area (Å²) < 4.78 is 21.6. The average Bonchev–Trinajstić information content (AvgIpc) is 2.92. The zero-order chi connectivity index (χ0) is 21.0. The van der Waals surface area contributed by atoms with Gasteiger partial charge in [-0.15, -0.1) is 0 Å². The largest absolute Gasteiger partial charge is 0.481 e. The molecule has 29 heavy (non-hydrogen) atoms. The smallest absolute Gasteiger partial charge is 0.263 e. The summed E-state index contributed by atoms with van der Waals surface area (Å²) in [6.45, 7) is 3.88. The zero-order valence-electron chi connectivity index (χ0n) is 16.0. The predicted octanol–water partition coefficient (Wildman–Crippen LogP) is 4.94. The Morgan fingerprint density at radius 3 is 2.62 bits per heavy atom. The van der Waals surface area contributed by atoms with Crippen LogP contribution < -0.4 is 10.1 Å². The molecule has 148 valence electrons. The van der Waals surface area contributed by atoms with Crippen LogP contribution in [0.2, 0.25) is 0 Å². The molecule has 2 aromatic carbocycles. The molecule has 0 fully saturated rings. The maximum absolute atomic E-state index is 13.9. The first-order valence-corrected chi connectivity index (χ1v) is 9.71. The summed E-state index contributed by atoms with van der Waals surface area (Å²) in [6, 6.07) is 16.3. The molecule has 1 N–H and O–H groups in total. The molecule has 0 bridgehead atoms. The quantitative estimate of drug-likeness (QED) is 0.571. The lowest BCUT2D eigenvalue weighted by Crippen LogP contribution is -2.23. The Kier molecular flexibility index (Phi) is 6.35. The average molecular weight is 456 g/mol. The van der Waals surface area contributed by atoms with Gasteiger partial charge in [-0.3, -0.25) is 4.79 Å². The lowest BCUT2D eigenvalue weighted by molar-refractivity contribution is -0.118.